The van der Waals surface area contributed by atoms with Crippen molar-refractivity contribution in [1.82, 2.24) is 5.43 Å². The molecule has 0 saturated heterocycles. The molecule has 7 nitrogen and oxygen atoms in total. The molecule has 0 bridgehead atoms. The summed E-state index contributed by atoms with van der Waals surface area (Å²) in [6.45, 7) is 1.66. The maximum Gasteiger partial charge on any atom is 0.343 e. The van der Waals surface area contributed by atoms with Crippen LogP contribution < -0.4 is 19.6 Å². The SMILES string of the molecule is COc1ccc(C(=O)Oc2cccc(/C=N\NC(=O)[C@H](C)Oc3cccc4ccccc34)c2)cc1. The molecule has 0 aliphatic heterocycles. The minimum absolute atomic E-state index is 0.355. The monoisotopic (exact) mass is 468 g/mol. The van der Waals surface area contributed by atoms with Crippen LogP contribution >= 0.6 is 0 Å². The zero-order valence-corrected chi connectivity index (χ0v) is 19.3. The summed E-state index contributed by atoms with van der Waals surface area (Å²) >= 11 is 0. The van der Waals surface area contributed by atoms with E-state index in [0.29, 0.717) is 28.4 Å². The first-order valence-corrected chi connectivity index (χ1v) is 11.0. The molecule has 35 heavy (non-hydrogen) atoms. The minimum Gasteiger partial charge on any atom is -0.497 e. The molecule has 176 valence electrons. The largest absolute Gasteiger partial charge is 0.497 e. The van der Waals surface area contributed by atoms with E-state index in [-0.39, 0.29) is 0 Å². The van der Waals surface area contributed by atoms with Crippen LogP contribution in [0.2, 0.25) is 0 Å². The number of nitrogens with zero attached hydrogens (tertiary/aromatic N) is 1. The van der Waals surface area contributed by atoms with Crippen molar-refractivity contribution in [3.05, 3.63) is 102 Å². The van der Waals surface area contributed by atoms with Crippen LogP contribution in [0.5, 0.6) is 17.2 Å². The first-order valence-electron chi connectivity index (χ1n) is 11.0. The number of hydrogen-bond donors (Lipinski definition) is 1. The fourth-order valence-corrected chi connectivity index (χ4v) is 3.36. The van der Waals surface area contributed by atoms with E-state index in [1.54, 1.807) is 62.6 Å². The number of amides is 1. The van der Waals surface area contributed by atoms with Crippen LogP contribution in [0, 0.1) is 0 Å². The number of benzene rings is 4. The van der Waals surface area contributed by atoms with Crippen LogP contribution in [-0.2, 0) is 4.79 Å². The maximum atomic E-state index is 12.5. The highest BCUT2D eigenvalue weighted by Crippen LogP contribution is 2.26. The fraction of sp³-hybridized carbons (Fsp3) is 0.107. The van der Waals surface area contributed by atoms with Crippen LogP contribution in [0.15, 0.2) is 96.1 Å². The number of fused-ring (bicyclic) bond motifs is 1. The molecule has 0 unspecified atom stereocenters. The number of carbonyl (C=O) groups excluding carboxylic acids is 2. The van der Waals surface area contributed by atoms with E-state index in [1.165, 1.54) is 6.21 Å². The molecule has 4 rings (SSSR count). The summed E-state index contributed by atoms with van der Waals surface area (Å²) in [4.78, 5) is 24.8. The Bertz CT molecular complexity index is 1360. The van der Waals surface area contributed by atoms with E-state index in [2.05, 4.69) is 10.5 Å². The number of ether oxygens (including phenoxy) is 3. The molecule has 0 fully saturated rings. The molecule has 1 amide bonds. The standard InChI is InChI=1S/C28H24N2O5/c1-19(34-26-12-6-9-21-8-3-4-11-25(21)26)27(31)30-29-18-20-7-5-10-24(17-20)35-28(32)22-13-15-23(33-2)16-14-22/h3-19H,1-2H3,(H,30,31)/b29-18-/t19-/m0/s1. The Kier molecular flexibility index (Phi) is 7.37. The molecular formula is C28H24N2O5. The molecule has 7 heteroatoms. The smallest absolute Gasteiger partial charge is 0.343 e. The molecule has 0 radical (unpaired) electrons. The second kappa shape index (κ2) is 11.0. The lowest BCUT2D eigenvalue weighted by molar-refractivity contribution is -0.127. The third-order valence-electron chi connectivity index (χ3n) is 5.21. The topological polar surface area (TPSA) is 86.2 Å². The third kappa shape index (κ3) is 6.03. The highest BCUT2D eigenvalue weighted by atomic mass is 16.5. The van der Waals surface area contributed by atoms with Crippen LogP contribution in [0.4, 0.5) is 0 Å². The third-order valence-corrected chi connectivity index (χ3v) is 5.21. The molecule has 4 aromatic carbocycles. The molecule has 0 aromatic heterocycles. The van der Waals surface area contributed by atoms with Crippen molar-refractivity contribution < 1.29 is 23.8 Å². The van der Waals surface area contributed by atoms with Gasteiger partial charge in [-0.25, -0.2) is 10.2 Å². The highest BCUT2D eigenvalue weighted by Gasteiger charge is 2.15. The molecule has 0 spiro atoms. The van der Waals surface area contributed by atoms with Crippen molar-refractivity contribution >= 4 is 28.9 Å². The molecule has 0 saturated carbocycles. The first-order chi connectivity index (χ1) is 17.0. The van der Waals surface area contributed by atoms with Gasteiger partial charge in [0.15, 0.2) is 6.10 Å². The Labute approximate surface area is 202 Å². The normalized spacial score (nSPS) is 11.7. The highest BCUT2D eigenvalue weighted by molar-refractivity contribution is 5.92. The van der Waals surface area contributed by atoms with Crippen molar-refractivity contribution in [3.63, 3.8) is 0 Å². The Hall–Kier alpha value is -4.65. The van der Waals surface area contributed by atoms with Gasteiger partial charge in [-0.05, 0) is 60.3 Å². The number of nitrogens with one attached hydrogen (secondary N) is 1. The van der Waals surface area contributed by atoms with Gasteiger partial charge in [-0.15, -0.1) is 0 Å². The van der Waals surface area contributed by atoms with E-state index in [9.17, 15) is 9.59 Å². The van der Waals surface area contributed by atoms with E-state index in [1.807, 2.05) is 42.5 Å². The molecule has 0 aliphatic rings. The number of methoxy groups -OCH3 is 1. The number of hydrogen-bond acceptors (Lipinski definition) is 6. The van der Waals surface area contributed by atoms with Crippen molar-refractivity contribution in [2.75, 3.05) is 7.11 Å². The van der Waals surface area contributed by atoms with Crippen LogP contribution in [0.1, 0.15) is 22.8 Å². The van der Waals surface area contributed by atoms with Gasteiger partial charge in [-0.2, -0.15) is 5.10 Å². The van der Waals surface area contributed by atoms with Crippen molar-refractivity contribution in [1.29, 1.82) is 0 Å². The Morgan fingerprint density at radius 3 is 2.43 bits per heavy atom. The van der Waals surface area contributed by atoms with Crippen LogP contribution in [-0.4, -0.2) is 31.3 Å². The lowest BCUT2D eigenvalue weighted by Gasteiger charge is -2.14. The van der Waals surface area contributed by atoms with Crippen molar-refractivity contribution in [3.8, 4) is 17.2 Å². The molecule has 0 aliphatic carbocycles. The summed E-state index contributed by atoms with van der Waals surface area (Å²) in [6, 6.07) is 26.9. The first kappa shape index (κ1) is 23.5. The second-order valence-electron chi connectivity index (χ2n) is 7.66. The van der Waals surface area contributed by atoms with Gasteiger partial charge in [0.1, 0.15) is 17.2 Å². The number of hydrazone groups is 1. The molecule has 4 aromatic rings. The molecule has 1 N–H and O–H groups in total. The number of carbonyl (C=O) groups is 2. The number of esters is 1. The van der Waals surface area contributed by atoms with E-state index >= 15 is 0 Å². The molecule has 0 heterocycles. The molecule has 1 atom stereocenters. The fourth-order valence-electron chi connectivity index (χ4n) is 3.36. The average molecular weight is 469 g/mol. The predicted molar refractivity (Wildman–Crippen MR) is 134 cm³/mol. The van der Waals surface area contributed by atoms with Gasteiger partial charge in [0, 0.05) is 5.39 Å². The lowest BCUT2D eigenvalue weighted by Crippen LogP contribution is -2.33. The lowest BCUT2D eigenvalue weighted by atomic mass is 10.1. The number of rotatable bonds is 8. The van der Waals surface area contributed by atoms with Gasteiger partial charge in [-0.3, -0.25) is 4.79 Å². The maximum absolute atomic E-state index is 12.5. The van der Waals surface area contributed by atoms with Gasteiger partial charge in [0.05, 0.1) is 18.9 Å². The Morgan fingerprint density at radius 2 is 1.63 bits per heavy atom. The summed E-state index contributed by atoms with van der Waals surface area (Å²) in [5, 5.41) is 5.97. The summed E-state index contributed by atoms with van der Waals surface area (Å²) in [5.74, 6) is 0.749. The van der Waals surface area contributed by atoms with Crippen LogP contribution in [0.3, 0.4) is 0 Å². The van der Waals surface area contributed by atoms with Gasteiger partial charge in [0.2, 0.25) is 0 Å². The summed E-state index contributed by atoms with van der Waals surface area (Å²) in [6.07, 6.45) is 0.711. The molecular weight excluding hydrogens is 444 g/mol. The van der Waals surface area contributed by atoms with Crippen LogP contribution in [0.25, 0.3) is 10.8 Å². The van der Waals surface area contributed by atoms with E-state index in [4.69, 9.17) is 14.2 Å². The Morgan fingerprint density at radius 1 is 0.886 bits per heavy atom. The summed E-state index contributed by atoms with van der Waals surface area (Å²) < 4.78 is 16.4. The van der Waals surface area contributed by atoms with Gasteiger partial charge in [-0.1, -0.05) is 48.5 Å². The van der Waals surface area contributed by atoms with E-state index < -0.39 is 18.0 Å². The van der Waals surface area contributed by atoms with Gasteiger partial charge >= 0.3 is 5.97 Å². The van der Waals surface area contributed by atoms with Gasteiger partial charge in [0.25, 0.3) is 5.91 Å². The predicted octanol–water partition coefficient (Wildman–Crippen LogP) is 4.99. The van der Waals surface area contributed by atoms with E-state index in [0.717, 1.165) is 10.8 Å². The zero-order chi connectivity index (χ0) is 24.6. The van der Waals surface area contributed by atoms with Gasteiger partial charge < -0.3 is 14.2 Å². The zero-order valence-electron chi connectivity index (χ0n) is 19.3. The second-order valence-corrected chi connectivity index (χ2v) is 7.66. The minimum atomic E-state index is -0.755. The summed E-state index contributed by atoms with van der Waals surface area (Å²) in [7, 11) is 1.56. The van der Waals surface area contributed by atoms with Crippen molar-refractivity contribution in [2.24, 2.45) is 5.10 Å². The average Bonchev–Trinajstić information content (AvgIpc) is 2.89. The quantitative estimate of drug-likeness (QED) is 0.171. The van der Waals surface area contributed by atoms with Crippen molar-refractivity contribution in [2.45, 2.75) is 13.0 Å². The summed E-state index contributed by atoms with van der Waals surface area (Å²) in [5.41, 5.74) is 3.53. The Balaban J connectivity index is 1.34.